The number of nitrogens with one attached hydrogen (secondary N) is 1. The van der Waals surface area contributed by atoms with Crippen LogP contribution < -0.4 is 10.2 Å². The molecule has 0 aromatic carbocycles. The molecule has 0 aliphatic heterocycles. The molecule has 1 unspecified atom stereocenters. The maximum Gasteiger partial charge on any atom is 0.147 e. The van der Waals surface area contributed by atoms with E-state index in [0.717, 1.165) is 29.4 Å². The predicted molar refractivity (Wildman–Crippen MR) is 86.4 cm³/mol. The molecule has 3 nitrogen and oxygen atoms in total. The van der Waals surface area contributed by atoms with Gasteiger partial charge in [-0.1, -0.05) is 25.4 Å². The summed E-state index contributed by atoms with van der Waals surface area (Å²) < 4.78 is 0. The van der Waals surface area contributed by atoms with Gasteiger partial charge in [-0.2, -0.15) is 0 Å². The first-order valence-corrected chi connectivity index (χ1v) is 7.95. The molecule has 1 heterocycles. The van der Waals surface area contributed by atoms with Crippen LogP contribution in [0, 0.1) is 5.92 Å². The first kappa shape index (κ1) is 15.6. The molecule has 1 aromatic rings. The van der Waals surface area contributed by atoms with Crippen molar-refractivity contribution in [1.29, 1.82) is 0 Å². The molecule has 1 aromatic heterocycles. The number of rotatable bonds is 7. The highest BCUT2D eigenvalue weighted by Crippen LogP contribution is 2.26. The maximum atomic E-state index is 6.40. The number of anilines is 1. The lowest BCUT2D eigenvalue weighted by atomic mass is 10.0. The molecule has 1 atom stereocenters. The lowest BCUT2D eigenvalue weighted by molar-refractivity contribution is 0.502. The first-order chi connectivity index (χ1) is 9.47. The number of hydrogen-bond acceptors (Lipinski definition) is 3. The molecule has 1 N–H and O–H groups in total. The van der Waals surface area contributed by atoms with Gasteiger partial charge in [0, 0.05) is 31.9 Å². The molecule has 112 valence electrons. The van der Waals surface area contributed by atoms with Gasteiger partial charge < -0.3 is 10.2 Å². The summed E-state index contributed by atoms with van der Waals surface area (Å²) in [5.41, 5.74) is 1.16. The van der Waals surface area contributed by atoms with E-state index in [0.29, 0.717) is 18.0 Å². The Morgan fingerprint density at radius 3 is 2.65 bits per heavy atom. The quantitative estimate of drug-likeness (QED) is 0.828. The molecule has 20 heavy (non-hydrogen) atoms. The Bertz CT molecular complexity index is 443. The van der Waals surface area contributed by atoms with Gasteiger partial charge in [0.25, 0.3) is 0 Å². The van der Waals surface area contributed by atoms with E-state index >= 15 is 0 Å². The van der Waals surface area contributed by atoms with Crippen LogP contribution in [0.2, 0.25) is 5.02 Å². The monoisotopic (exact) mass is 295 g/mol. The summed E-state index contributed by atoms with van der Waals surface area (Å²) in [4.78, 5) is 6.74. The molecule has 0 bridgehead atoms. The highest BCUT2D eigenvalue weighted by atomic mass is 35.5. The summed E-state index contributed by atoms with van der Waals surface area (Å²) in [7, 11) is 2.07. The summed E-state index contributed by atoms with van der Waals surface area (Å²) in [6, 6.07) is 3.19. The highest BCUT2D eigenvalue weighted by molar-refractivity contribution is 6.33. The van der Waals surface area contributed by atoms with E-state index < -0.39 is 0 Å². The number of pyridine rings is 1. The lowest BCUT2D eigenvalue weighted by Gasteiger charge is -2.28. The molecule has 2 rings (SSSR count). The van der Waals surface area contributed by atoms with Gasteiger partial charge in [-0.15, -0.1) is 0 Å². The van der Waals surface area contributed by atoms with Gasteiger partial charge in [0.05, 0.1) is 5.02 Å². The molecule has 0 radical (unpaired) electrons. The van der Waals surface area contributed by atoms with Gasteiger partial charge in [0.15, 0.2) is 0 Å². The molecule has 1 fully saturated rings. The van der Waals surface area contributed by atoms with Crippen molar-refractivity contribution in [3.8, 4) is 0 Å². The molecule has 1 saturated carbocycles. The zero-order chi connectivity index (χ0) is 14.7. The van der Waals surface area contributed by atoms with Crippen molar-refractivity contribution in [2.45, 2.75) is 58.7 Å². The third-order valence-electron chi connectivity index (χ3n) is 3.86. The number of nitrogens with zero attached hydrogens (tertiary/aromatic N) is 2. The molecular weight excluding hydrogens is 270 g/mol. The summed E-state index contributed by atoms with van der Waals surface area (Å²) >= 11 is 6.40. The lowest BCUT2D eigenvalue weighted by Crippen LogP contribution is -2.31. The van der Waals surface area contributed by atoms with Gasteiger partial charge >= 0.3 is 0 Å². The van der Waals surface area contributed by atoms with Crippen LogP contribution in [0.3, 0.4) is 0 Å². The summed E-state index contributed by atoms with van der Waals surface area (Å²) in [5, 5.41) is 4.23. The number of halogens is 1. The van der Waals surface area contributed by atoms with Crippen LogP contribution in [-0.4, -0.2) is 24.1 Å². The van der Waals surface area contributed by atoms with Gasteiger partial charge in [-0.05, 0) is 43.7 Å². The van der Waals surface area contributed by atoms with Crippen LogP contribution >= 0.6 is 11.6 Å². The van der Waals surface area contributed by atoms with Gasteiger partial charge in [-0.25, -0.2) is 4.98 Å². The third kappa shape index (κ3) is 4.35. The van der Waals surface area contributed by atoms with Crippen molar-refractivity contribution in [1.82, 2.24) is 10.3 Å². The largest absolute Gasteiger partial charge is 0.356 e. The van der Waals surface area contributed by atoms with Crippen LogP contribution in [-0.2, 0) is 6.54 Å². The number of hydrogen-bond donors (Lipinski definition) is 1. The maximum absolute atomic E-state index is 6.40. The predicted octanol–water partition coefficient (Wildman–Crippen LogP) is 3.86. The van der Waals surface area contributed by atoms with E-state index in [1.165, 1.54) is 12.8 Å². The fraction of sp³-hybridized carbons (Fsp3) is 0.688. The van der Waals surface area contributed by atoms with Crippen molar-refractivity contribution >= 4 is 17.4 Å². The van der Waals surface area contributed by atoms with E-state index in [2.05, 4.69) is 43.0 Å². The van der Waals surface area contributed by atoms with Crippen LogP contribution in [0.1, 0.15) is 45.6 Å². The Morgan fingerprint density at radius 2 is 2.10 bits per heavy atom. The van der Waals surface area contributed by atoms with E-state index in [-0.39, 0.29) is 0 Å². The van der Waals surface area contributed by atoms with Crippen molar-refractivity contribution in [2.24, 2.45) is 5.92 Å². The Morgan fingerprint density at radius 1 is 1.40 bits per heavy atom. The summed E-state index contributed by atoms with van der Waals surface area (Å²) in [6.45, 7) is 7.57. The standard InChI is InChI=1S/C16H26ClN3/c1-11(2)7-12(3)20(4)16-15(17)8-13(10-19-16)9-18-14-5-6-14/h8,10-12,14,18H,5-7,9H2,1-4H3. The van der Waals surface area contributed by atoms with E-state index in [1.807, 2.05) is 12.3 Å². The van der Waals surface area contributed by atoms with E-state index in [9.17, 15) is 0 Å². The molecular formula is C16H26ClN3. The van der Waals surface area contributed by atoms with E-state index in [1.54, 1.807) is 0 Å². The second-order valence-corrected chi connectivity index (χ2v) is 6.80. The molecule has 0 saturated heterocycles. The topological polar surface area (TPSA) is 28.2 Å². The number of aromatic nitrogens is 1. The Hall–Kier alpha value is -0.800. The normalized spacial score (nSPS) is 16.5. The fourth-order valence-electron chi connectivity index (χ4n) is 2.43. The molecule has 4 heteroatoms. The van der Waals surface area contributed by atoms with Crippen molar-refractivity contribution < 1.29 is 0 Å². The summed E-state index contributed by atoms with van der Waals surface area (Å²) in [6.07, 6.45) is 5.68. The second-order valence-electron chi connectivity index (χ2n) is 6.39. The smallest absolute Gasteiger partial charge is 0.147 e. The van der Waals surface area contributed by atoms with Gasteiger partial charge in [0.1, 0.15) is 5.82 Å². The van der Waals surface area contributed by atoms with Crippen molar-refractivity contribution in [2.75, 3.05) is 11.9 Å². The minimum absolute atomic E-state index is 0.440. The minimum Gasteiger partial charge on any atom is -0.356 e. The van der Waals surface area contributed by atoms with Gasteiger partial charge in [0.2, 0.25) is 0 Å². The van der Waals surface area contributed by atoms with Crippen LogP contribution in [0.25, 0.3) is 0 Å². The van der Waals surface area contributed by atoms with Gasteiger partial charge in [-0.3, -0.25) is 0 Å². The molecule has 0 spiro atoms. The van der Waals surface area contributed by atoms with Crippen LogP contribution in [0.4, 0.5) is 5.82 Å². The Labute approximate surface area is 127 Å². The summed E-state index contributed by atoms with van der Waals surface area (Å²) in [5.74, 6) is 1.56. The SMILES string of the molecule is CC(C)CC(C)N(C)c1ncc(CNC2CC2)cc1Cl. The zero-order valence-electron chi connectivity index (χ0n) is 13.0. The fourth-order valence-corrected chi connectivity index (χ4v) is 2.75. The average Bonchev–Trinajstić information content (AvgIpc) is 3.19. The minimum atomic E-state index is 0.440. The average molecular weight is 296 g/mol. The Kier molecular flexibility index (Phi) is 5.28. The van der Waals surface area contributed by atoms with Crippen LogP contribution in [0.5, 0.6) is 0 Å². The van der Waals surface area contributed by atoms with Crippen LogP contribution in [0.15, 0.2) is 12.3 Å². The highest BCUT2D eigenvalue weighted by Gasteiger charge is 2.20. The Balaban J connectivity index is 1.99. The molecule has 1 aliphatic rings. The van der Waals surface area contributed by atoms with Crippen molar-refractivity contribution in [3.05, 3.63) is 22.8 Å². The second kappa shape index (κ2) is 6.77. The zero-order valence-corrected chi connectivity index (χ0v) is 13.7. The van der Waals surface area contributed by atoms with Crippen molar-refractivity contribution in [3.63, 3.8) is 0 Å². The third-order valence-corrected chi connectivity index (χ3v) is 4.14. The van der Waals surface area contributed by atoms with E-state index in [4.69, 9.17) is 11.6 Å². The molecule has 1 aliphatic carbocycles. The first-order valence-electron chi connectivity index (χ1n) is 7.58. The molecule has 0 amide bonds.